The lowest BCUT2D eigenvalue weighted by Gasteiger charge is -2.12. The van der Waals surface area contributed by atoms with Gasteiger partial charge in [-0.05, 0) is 23.8 Å². The molecular weight excluding hydrogens is 416 g/mol. The van der Waals surface area contributed by atoms with Gasteiger partial charge < -0.3 is 10.7 Å². The smallest absolute Gasteiger partial charge is 0.272 e. The molecule has 5 rings (SSSR count). The van der Waals surface area contributed by atoms with Gasteiger partial charge in [0, 0.05) is 30.1 Å². The molecule has 0 saturated carbocycles. The highest BCUT2D eigenvalue weighted by atomic mass is 35.5. The summed E-state index contributed by atoms with van der Waals surface area (Å²) in [5.41, 5.74) is 10.5. The van der Waals surface area contributed by atoms with Crippen molar-refractivity contribution >= 4 is 33.4 Å². The van der Waals surface area contributed by atoms with Crippen molar-refractivity contribution in [3.63, 3.8) is 0 Å². The van der Waals surface area contributed by atoms with Crippen molar-refractivity contribution in [2.24, 2.45) is 12.8 Å². The Morgan fingerprint density at radius 1 is 1.29 bits per heavy atom. The third kappa shape index (κ3) is 2.81. The lowest BCUT2D eigenvalue weighted by molar-refractivity contribution is 0.776. The maximum Gasteiger partial charge on any atom is 0.272 e. The number of imidazole rings is 1. The third-order valence-corrected chi connectivity index (χ3v) is 5.69. The van der Waals surface area contributed by atoms with Crippen molar-refractivity contribution in [1.82, 2.24) is 29.9 Å². The molecule has 0 bridgehead atoms. The molecule has 0 spiro atoms. The topological polar surface area (TPSA) is 142 Å². The number of hydrogen-bond acceptors (Lipinski definition) is 6. The predicted octanol–water partition coefficient (Wildman–Crippen LogP) is 2.85. The van der Waals surface area contributed by atoms with Crippen LogP contribution in [0.5, 0.6) is 0 Å². The van der Waals surface area contributed by atoms with E-state index < -0.39 is 0 Å². The molecule has 0 fully saturated rings. The average molecular weight is 431 g/mol. The molecule has 0 saturated heterocycles. The van der Waals surface area contributed by atoms with Crippen LogP contribution in [-0.2, 0) is 13.6 Å². The second-order valence-corrected chi connectivity index (χ2v) is 7.40. The molecule has 0 aliphatic heterocycles. The Hall–Kier alpha value is -4.00. The SMILES string of the molecule is Cn1ncc(-c2ccc3c(=O)[nH]nc(CN)c3c2)c1-c1c(C#N)cc2[nH]cnc2c1Cl. The molecule has 0 radical (unpaired) electrons. The standard InChI is InChI=1S/C21H15ClN8O/c1-30-20(17-11(6-23)5-15-19(18(17)22)26-9-25-15)14(8-27-30)10-2-3-12-13(4-10)16(7-24)28-29-21(12)31/h2-5,8-9H,7,24H2,1H3,(H,25,26)(H,29,31). The van der Waals surface area contributed by atoms with Crippen LogP contribution in [0, 0.1) is 11.3 Å². The summed E-state index contributed by atoms with van der Waals surface area (Å²) in [6.07, 6.45) is 3.24. The summed E-state index contributed by atoms with van der Waals surface area (Å²) in [6, 6.07) is 9.35. The quantitative estimate of drug-likeness (QED) is 0.401. The van der Waals surface area contributed by atoms with E-state index in [1.54, 1.807) is 30.1 Å². The number of H-pyrrole nitrogens is 2. The molecule has 10 heteroatoms. The van der Waals surface area contributed by atoms with Gasteiger partial charge in [0.1, 0.15) is 5.52 Å². The van der Waals surface area contributed by atoms with Crippen LogP contribution in [-0.4, -0.2) is 29.9 Å². The van der Waals surface area contributed by atoms with E-state index in [0.717, 1.165) is 11.1 Å². The zero-order valence-corrected chi connectivity index (χ0v) is 17.0. The van der Waals surface area contributed by atoms with Crippen LogP contribution in [0.15, 0.2) is 41.6 Å². The third-order valence-electron chi connectivity index (χ3n) is 5.32. The molecule has 9 nitrogen and oxygen atoms in total. The van der Waals surface area contributed by atoms with Gasteiger partial charge in [-0.2, -0.15) is 15.5 Å². The fourth-order valence-corrected chi connectivity index (χ4v) is 4.19. The second kappa shape index (κ2) is 7.05. The Morgan fingerprint density at radius 2 is 2.13 bits per heavy atom. The number of benzene rings is 2. The summed E-state index contributed by atoms with van der Waals surface area (Å²) in [6.45, 7) is 0.177. The molecule has 0 aliphatic carbocycles. The number of nitrogens with zero attached hydrogens (tertiary/aromatic N) is 5. The molecule has 3 aromatic heterocycles. The number of rotatable bonds is 3. The summed E-state index contributed by atoms with van der Waals surface area (Å²) in [7, 11) is 1.78. The number of nitriles is 1. The molecule has 4 N–H and O–H groups in total. The second-order valence-electron chi connectivity index (χ2n) is 7.02. The summed E-state index contributed by atoms with van der Waals surface area (Å²) in [4.78, 5) is 19.4. The van der Waals surface area contributed by atoms with Gasteiger partial charge in [-0.15, -0.1) is 0 Å². The largest absolute Gasteiger partial charge is 0.345 e. The van der Waals surface area contributed by atoms with Crippen LogP contribution in [0.1, 0.15) is 11.3 Å². The summed E-state index contributed by atoms with van der Waals surface area (Å²) < 4.78 is 1.67. The number of nitrogens with two attached hydrogens (primary N) is 1. The Morgan fingerprint density at radius 3 is 2.90 bits per heavy atom. The van der Waals surface area contributed by atoms with E-state index in [-0.39, 0.29) is 12.1 Å². The van der Waals surface area contributed by atoms with Crippen molar-refractivity contribution in [3.8, 4) is 28.5 Å². The first-order valence-electron chi connectivity index (χ1n) is 9.33. The van der Waals surface area contributed by atoms with E-state index in [4.69, 9.17) is 17.3 Å². The van der Waals surface area contributed by atoms with Crippen molar-refractivity contribution in [2.45, 2.75) is 6.54 Å². The monoisotopic (exact) mass is 430 g/mol. The molecule has 152 valence electrons. The number of nitrogens with one attached hydrogen (secondary N) is 2. The number of aromatic amines is 2. The van der Waals surface area contributed by atoms with E-state index in [1.807, 2.05) is 12.1 Å². The van der Waals surface area contributed by atoms with E-state index in [0.29, 0.717) is 49.3 Å². The van der Waals surface area contributed by atoms with Crippen molar-refractivity contribution in [1.29, 1.82) is 5.26 Å². The lowest BCUT2D eigenvalue weighted by atomic mass is 9.96. The molecular formula is C21H15ClN8O. The van der Waals surface area contributed by atoms with E-state index in [2.05, 4.69) is 31.3 Å². The fourth-order valence-electron chi connectivity index (χ4n) is 3.85. The summed E-state index contributed by atoms with van der Waals surface area (Å²) in [5.74, 6) is 0. The zero-order valence-electron chi connectivity index (χ0n) is 16.3. The van der Waals surface area contributed by atoms with Crippen LogP contribution in [0.3, 0.4) is 0 Å². The highest BCUT2D eigenvalue weighted by Crippen LogP contribution is 2.41. The summed E-state index contributed by atoms with van der Waals surface area (Å²) in [5, 5.41) is 22.2. The highest BCUT2D eigenvalue weighted by molar-refractivity contribution is 6.38. The molecule has 0 unspecified atom stereocenters. The maximum absolute atomic E-state index is 12.2. The van der Waals surface area contributed by atoms with Crippen LogP contribution in [0.25, 0.3) is 44.2 Å². The highest BCUT2D eigenvalue weighted by Gasteiger charge is 2.22. The van der Waals surface area contributed by atoms with Crippen molar-refractivity contribution in [3.05, 3.63) is 63.4 Å². The first kappa shape index (κ1) is 19.0. The number of fused-ring (bicyclic) bond motifs is 2. The molecule has 5 aromatic rings. The van der Waals surface area contributed by atoms with Crippen LogP contribution < -0.4 is 11.3 Å². The fraction of sp³-hybridized carbons (Fsp3) is 0.0952. The molecule has 3 heterocycles. The van der Waals surface area contributed by atoms with Crippen molar-refractivity contribution in [2.75, 3.05) is 0 Å². The first-order valence-corrected chi connectivity index (χ1v) is 9.71. The van der Waals surface area contributed by atoms with Crippen molar-refractivity contribution < 1.29 is 0 Å². The number of hydrogen-bond donors (Lipinski definition) is 3. The summed E-state index contributed by atoms with van der Waals surface area (Å²) >= 11 is 6.71. The Balaban J connectivity index is 1.82. The van der Waals surface area contributed by atoms with Gasteiger partial charge in [0.25, 0.3) is 5.56 Å². The minimum absolute atomic E-state index is 0.177. The number of aryl methyl sites for hydroxylation is 1. The molecule has 2 aromatic carbocycles. The van der Waals surface area contributed by atoms with Crippen LogP contribution >= 0.6 is 11.6 Å². The van der Waals surface area contributed by atoms with Crippen LogP contribution in [0.4, 0.5) is 0 Å². The minimum Gasteiger partial charge on any atom is -0.345 e. The minimum atomic E-state index is -0.288. The average Bonchev–Trinajstić information content (AvgIpc) is 3.40. The number of halogens is 1. The van der Waals surface area contributed by atoms with Gasteiger partial charge in [-0.1, -0.05) is 17.7 Å². The lowest BCUT2D eigenvalue weighted by Crippen LogP contribution is -2.13. The normalized spacial score (nSPS) is 11.3. The van der Waals surface area contributed by atoms with E-state index in [1.165, 1.54) is 6.33 Å². The maximum atomic E-state index is 12.2. The van der Waals surface area contributed by atoms with E-state index in [9.17, 15) is 10.1 Å². The number of aromatic nitrogens is 6. The first-order chi connectivity index (χ1) is 15.0. The molecule has 0 amide bonds. The van der Waals surface area contributed by atoms with Gasteiger partial charge in [0.15, 0.2) is 0 Å². The molecule has 31 heavy (non-hydrogen) atoms. The van der Waals surface area contributed by atoms with Gasteiger partial charge >= 0.3 is 0 Å². The van der Waals surface area contributed by atoms with E-state index >= 15 is 0 Å². The van der Waals surface area contributed by atoms with Gasteiger partial charge in [-0.3, -0.25) is 9.48 Å². The Kier molecular flexibility index (Phi) is 4.32. The van der Waals surface area contributed by atoms with Crippen LogP contribution in [0.2, 0.25) is 5.02 Å². The van der Waals surface area contributed by atoms with Gasteiger partial charge in [-0.25, -0.2) is 10.1 Å². The predicted molar refractivity (Wildman–Crippen MR) is 117 cm³/mol. The molecule has 0 aliphatic rings. The Bertz CT molecular complexity index is 1590. The molecule has 0 atom stereocenters. The Labute approximate surface area is 180 Å². The zero-order chi connectivity index (χ0) is 21.7. The van der Waals surface area contributed by atoms with Gasteiger partial charge in [0.05, 0.1) is 51.5 Å². The van der Waals surface area contributed by atoms with Gasteiger partial charge in [0.2, 0.25) is 0 Å².